The number of anilines is 2. The van der Waals surface area contributed by atoms with E-state index in [1.807, 2.05) is 25.1 Å². The van der Waals surface area contributed by atoms with Crippen LogP contribution in [-0.4, -0.2) is 52.2 Å². The van der Waals surface area contributed by atoms with Gasteiger partial charge in [-0.3, -0.25) is 4.79 Å². The number of carbonyl (C=O) groups is 1. The summed E-state index contributed by atoms with van der Waals surface area (Å²) in [4.78, 5) is 15.1. The average Bonchev–Trinajstić information content (AvgIpc) is 3.23. The van der Waals surface area contributed by atoms with Crippen molar-refractivity contribution in [3.8, 4) is 0 Å². The van der Waals surface area contributed by atoms with Crippen LogP contribution in [0.1, 0.15) is 50.8 Å². The number of morpholine rings is 1. The second-order valence-corrected chi connectivity index (χ2v) is 9.78. The Morgan fingerprint density at radius 3 is 2.62 bits per heavy atom. The maximum atomic E-state index is 12.8. The van der Waals surface area contributed by atoms with Crippen LogP contribution in [0.3, 0.4) is 0 Å². The molecule has 0 radical (unpaired) electrons. The SMILES string of the molecule is C=CCn1c(S[C@H](C)C(=O)Nc2ccc(N3CCOCC3)cc2)nnc1C1CCCCC1. The first-order chi connectivity index (χ1) is 15.7. The highest BCUT2D eigenvalue weighted by Crippen LogP contribution is 2.34. The summed E-state index contributed by atoms with van der Waals surface area (Å²) in [5.74, 6) is 1.46. The first kappa shape index (κ1) is 22.9. The van der Waals surface area contributed by atoms with Gasteiger partial charge in [0, 0.05) is 36.9 Å². The lowest BCUT2D eigenvalue weighted by molar-refractivity contribution is -0.115. The van der Waals surface area contributed by atoms with Crippen molar-refractivity contribution in [3.05, 3.63) is 42.7 Å². The van der Waals surface area contributed by atoms with Crippen molar-refractivity contribution in [1.82, 2.24) is 14.8 Å². The van der Waals surface area contributed by atoms with Gasteiger partial charge in [0.15, 0.2) is 5.16 Å². The second-order valence-electron chi connectivity index (χ2n) is 8.47. The van der Waals surface area contributed by atoms with Gasteiger partial charge in [-0.05, 0) is 44.0 Å². The Labute approximate surface area is 194 Å². The molecule has 2 fully saturated rings. The van der Waals surface area contributed by atoms with E-state index in [-0.39, 0.29) is 11.2 Å². The molecule has 1 amide bonds. The van der Waals surface area contributed by atoms with E-state index in [0.29, 0.717) is 12.5 Å². The predicted octanol–water partition coefficient (Wildman–Crippen LogP) is 4.47. The molecule has 2 heterocycles. The first-order valence-electron chi connectivity index (χ1n) is 11.6. The van der Waals surface area contributed by atoms with Gasteiger partial charge in [-0.2, -0.15) is 0 Å². The Bertz CT molecular complexity index is 902. The number of allylic oxidation sites excluding steroid dienone is 1. The van der Waals surface area contributed by atoms with Crippen molar-refractivity contribution in [2.24, 2.45) is 0 Å². The summed E-state index contributed by atoms with van der Waals surface area (Å²) >= 11 is 1.46. The standard InChI is InChI=1S/C24H33N5O2S/c1-3-13-29-22(19-7-5-4-6-8-19)26-27-24(29)32-18(2)23(30)25-20-9-11-21(12-10-20)28-14-16-31-17-15-28/h3,9-12,18-19H,1,4-8,13-17H2,2H3,(H,25,30)/t18-/m1/s1. The molecule has 1 saturated heterocycles. The van der Waals surface area contributed by atoms with Gasteiger partial charge >= 0.3 is 0 Å². The van der Waals surface area contributed by atoms with Gasteiger partial charge in [0.25, 0.3) is 0 Å². The highest BCUT2D eigenvalue weighted by atomic mass is 32.2. The number of nitrogens with one attached hydrogen (secondary N) is 1. The van der Waals surface area contributed by atoms with Gasteiger partial charge in [-0.15, -0.1) is 16.8 Å². The molecule has 2 aliphatic rings. The normalized spacial score (nSPS) is 18.3. The third-order valence-electron chi connectivity index (χ3n) is 6.19. The highest BCUT2D eigenvalue weighted by molar-refractivity contribution is 8.00. The number of benzene rings is 1. The number of rotatable bonds is 8. The van der Waals surface area contributed by atoms with Crippen molar-refractivity contribution < 1.29 is 9.53 Å². The number of nitrogens with zero attached hydrogens (tertiary/aromatic N) is 4. The summed E-state index contributed by atoms with van der Waals surface area (Å²) in [6.07, 6.45) is 8.00. The minimum absolute atomic E-state index is 0.0403. The van der Waals surface area contributed by atoms with Crippen LogP contribution in [0.4, 0.5) is 11.4 Å². The quantitative estimate of drug-likeness (QED) is 0.468. The number of hydrogen-bond donors (Lipinski definition) is 1. The second kappa shape index (κ2) is 11.0. The lowest BCUT2D eigenvalue weighted by Crippen LogP contribution is -2.36. The molecule has 1 N–H and O–H groups in total. The van der Waals surface area contributed by atoms with Crippen molar-refractivity contribution in [3.63, 3.8) is 0 Å². The largest absolute Gasteiger partial charge is 0.378 e. The van der Waals surface area contributed by atoms with E-state index < -0.39 is 0 Å². The lowest BCUT2D eigenvalue weighted by atomic mass is 9.89. The highest BCUT2D eigenvalue weighted by Gasteiger charge is 2.25. The van der Waals surface area contributed by atoms with Crippen LogP contribution < -0.4 is 10.2 Å². The van der Waals surface area contributed by atoms with Crippen molar-refractivity contribution in [1.29, 1.82) is 0 Å². The summed E-state index contributed by atoms with van der Waals surface area (Å²) in [5, 5.41) is 12.5. The Hall–Kier alpha value is -2.32. The van der Waals surface area contributed by atoms with E-state index in [0.717, 1.165) is 61.5 Å². The van der Waals surface area contributed by atoms with Crippen LogP contribution in [0.15, 0.2) is 42.1 Å². The minimum atomic E-state index is -0.291. The summed E-state index contributed by atoms with van der Waals surface area (Å²) in [7, 11) is 0. The molecule has 1 saturated carbocycles. The zero-order chi connectivity index (χ0) is 22.3. The fourth-order valence-electron chi connectivity index (χ4n) is 4.38. The number of ether oxygens (including phenoxy) is 1. The molecule has 0 bridgehead atoms. The number of carbonyl (C=O) groups excluding carboxylic acids is 1. The Morgan fingerprint density at radius 1 is 1.22 bits per heavy atom. The first-order valence-corrected chi connectivity index (χ1v) is 12.5. The molecule has 1 aromatic carbocycles. The van der Waals surface area contributed by atoms with Crippen LogP contribution in [0, 0.1) is 0 Å². The molecular formula is C24H33N5O2S. The molecule has 0 unspecified atom stereocenters. The third-order valence-corrected chi connectivity index (χ3v) is 7.27. The van der Waals surface area contributed by atoms with Crippen molar-refractivity contribution in [2.45, 2.75) is 61.9 Å². The predicted molar refractivity (Wildman–Crippen MR) is 129 cm³/mol. The van der Waals surface area contributed by atoms with Gasteiger partial charge in [0.1, 0.15) is 5.82 Å². The van der Waals surface area contributed by atoms with Gasteiger partial charge in [-0.1, -0.05) is 37.1 Å². The molecule has 1 aliphatic carbocycles. The number of amides is 1. The van der Waals surface area contributed by atoms with Gasteiger partial charge in [0.2, 0.25) is 5.91 Å². The van der Waals surface area contributed by atoms with Crippen LogP contribution >= 0.6 is 11.8 Å². The lowest BCUT2D eigenvalue weighted by Gasteiger charge is -2.28. The van der Waals surface area contributed by atoms with E-state index in [1.54, 1.807) is 0 Å². The topological polar surface area (TPSA) is 72.3 Å². The Kier molecular flexibility index (Phi) is 7.86. The molecule has 7 nitrogen and oxygen atoms in total. The molecule has 1 aliphatic heterocycles. The van der Waals surface area contributed by atoms with E-state index >= 15 is 0 Å². The van der Waals surface area contributed by atoms with Crippen molar-refractivity contribution in [2.75, 3.05) is 36.5 Å². The van der Waals surface area contributed by atoms with E-state index in [4.69, 9.17) is 4.74 Å². The molecule has 2 aromatic rings. The number of hydrogen-bond acceptors (Lipinski definition) is 6. The molecule has 172 valence electrons. The fourth-order valence-corrected chi connectivity index (χ4v) is 5.25. The molecule has 32 heavy (non-hydrogen) atoms. The zero-order valence-electron chi connectivity index (χ0n) is 18.8. The van der Waals surface area contributed by atoms with Crippen LogP contribution in [0.25, 0.3) is 0 Å². The summed E-state index contributed by atoms with van der Waals surface area (Å²) < 4.78 is 7.55. The summed E-state index contributed by atoms with van der Waals surface area (Å²) in [6, 6.07) is 8.02. The molecule has 1 atom stereocenters. The van der Waals surface area contributed by atoms with Gasteiger partial charge < -0.3 is 19.5 Å². The molecule has 8 heteroatoms. The molecular weight excluding hydrogens is 422 g/mol. The fraction of sp³-hybridized carbons (Fsp3) is 0.542. The van der Waals surface area contributed by atoms with Crippen LogP contribution in [-0.2, 0) is 16.1 Å². The van der Waals surface area contributed by atoms with E-state index in [2.05, 4.69) is 43.7 Å². The van der Waals surface area contributed by atoms with Crippen LogP contribution in [0.2, 0.25) is 0 Å². The average molecular weight is 456 g/mol. The Balaban J connectivity index is 1.38. The van der Waals surface area contributed by atoms with E-state index in [1.165, 1.54) is 31.0 Å². The van der Waals surface area contributed by atoms with Gasteiger partial charge in [0.05, 0.1) is 18.5 Å². The summed E-state index contributed by atoms with van der Waals surface area (Å²) in [6.45, 7) is 9.78. The summed E-state index contributed by atoms with van der Waals surface area (Å²) in [5.41, 5.74) is 1.96. The minimum Gasteiger partial charge on any atom is -0.378 e. The maximum Gasteiger partial charge on any atom is 0.237 e. The smallest absolute Gasteiger partial charge is 0.237 e. The number of thioether (sulfide) groups is 1. The molecule has 1 aromatic heterocycles. The monoisotopic (exact) mass is 455 g/mol. The molecule has 4 rings (SSSR count). The Morgan fingerprint density at radius 2 is 1.94 bits per heavy atom. The van der Waals surface area contributed by atoms with Gasteiger partial charge in [-0.25, -0.2) is 0 Å². The number of aromatic nitrogens is 3. The third kappa shape index (κ3) is 5.53. The van der Waals surface area contributed by atoms with E-state index in [9.17, 15) is 4.79 Å². The van der Waals surface area contributed by atoms with Crippen LogP contribution in [0.5, 0.6) is 0 Å². The van der Waals surface area contributed by atoms with Crippen molar-refractivity contribution >= 4 is 29.0 Å². The zero-order valence-corrected chi connectivity index (χ0v) is 19.6. The molecule has 0 spiro atoms. The maximum absolute atomic E-state index is 12.8.